The molecule has 3 heterocycles. The van der Waals surface area contributed by atoms with E-state index < -0.39 is 10.8 Å². The van der Waals surface area contributed by atoms with Crippen LogP contribution in [-0.2, 0) is 24.4 Å². The highest BCUT2D eigenvalue weighted by molar-refractivity contribution is 7.85. The molecule has 0 amide bonds. The van der Waals surface area contributed by atoms with Crippen LogP contribution in [0, 0.1) is 11.8 Å². The first-order valence-electron chi connectivity index (χ1n) is 9.54. The van der Waals surface area contributed by atoms with Gasteiger partial charge in [-0.25, -0.2) is 0 Å². The quantitative estimate of drug-likeness (QED) is 0.446. The molecule has 3 rings (SSSR count). The van der Waals surface area contributed by atoms with E-state index in [0.717, 1.165) is 32.4 Å². The summed E-state index contributed by atoms with van der Waals surface area (Å²) >= 11 is 0. The number of aromatic nitrogens is 4. The maximum Gasteiger partial charge on any atom is 0.280 e. The predicted octanol–water partition coefficient (Wildman–Crippen LogP) is 2.22. The van der Waals surface area contributed by atoms with Crippen molar-refractivity contribution in [2.45, 2.75) is 57.0 Å². The lowest BCUT2D eigenvalue weighted by Gasteiger charge is -2.21. The van der Waals surface area contributed by atoms with Crippen LogP contribution >= 0.6 is 0 Å². The van der Waals surface area contributed by atoms with E-state index in [1.165, 1.54) is 10.1 Å². The van der Waals surface area contributed by atoms with E-state index in [2.05, 4.69) is 28.3 Å². The topological polar surface area (TPSA) is 73.0 Å². The van der Waals surface area contributed by atoms with Crippen molar-refractivity contribution < 1.29 is 4.21 Å². The maximum atomic E-state index is 13.1. The third-order valence-electron chi connectivity index (χ3n) is 4.92. The highest BCUT2D eigenvalue weighted by Crippen LogP contribution is 2.24. The molecule has 1 aliphatic heterocycles. The number of imidazole rings is 1. The van der Waals surface area contributed by atoms with Crippen LogP contribution in [0.3, 0.4) is 0 Å². The molecule has 1 unspecified atom stereocenters. The number of rotatable bonds is 4. The molecule has 0 bridgehead atoms. The highest BCUT2D eigenvalue weighted by Gasteiger charge is 2.24. The van der Waals surface area contributed by atoms with Crippen molar-refractivity contribution in [1.29, 1.82) is 0 Å². The molecule has 0 N–H and O–H groups in total. The van der Waals surface area contributed by atoms with Gasteiger partial charge in [-0.15, -0.1) is 5.92 Å². The zero-order chi connectivity index (χ0) is 20.4. The molecule has 7 nitrogen and oxygen atoms in total. The summed E-state index contributed by atoms with van der Waals surface area (Å²) in [5.41, 5.74) is 1.74. The molecule has 1 aliphatic rings. The molecule has 2 aromatic heterocycles. The number of anilines is 1. The first-order chi connectivity index (χ1) is 13.3. The Morgan fingerprint density at radius 3 is 2.68 bits per heavy atom. The molecule has 1 atom stereocenters. The molecule has 1 fully saturated rings. The van der Waals surface area contributed by atoms with Gasteiger partial charge in [0.15, 0.2) is 11.2 Å². The molecule has 2 aromatic rings. The molecule has 0 radical (unpaired) electrons. The van der Waals surface area contributed by atoms with Gasteiger partial charge < -0.3 is 4.90 Å². The molecule has 0 aromatic carbocycles. The van der Waals surface area contributed by atoms with Crippen molar-refractivity contribution >= 4 is 27.9 Å². The minimum absolute atomic E-state index is 0.139. The van der Waals surface area contributed by atoms with E-state index in [1.54, 1.807) is 14.0 Å². The van der Waals surface area contributed by atoms with Crippen LogP contribution in [-0.4, -0.2) is 41.7 Å². The Morgan fingerprint density at radius 2 is 2.00 bits per heavy atom. The average Bonchev–Trinajstić information content (AvgIpc) is 2.88. The highest BCUT2D eigenvalue weighted by atomic mass is 32.2. The van der Waals surface area contributed by atoms with Crippen LogP contribution < -0.4 is 10.5 Å². The van der Waals surface area contributed by atoms with Crippen molar-refractivity contribution in [3.63, 3.8) is 0 Å². The van der Waals surface area contributed by atoms with E-state index in [4.69, 9.17) is 4.98 Å². The first-order valence-corrected chi connectivity index (χ1v) is 10.8. The Morgan fingerprint density at radius 1 is 1.25 bits per heavy atom. The molecule has 8 heteroatoms. The SMILES string of the molecule is C=C1CCCN(c2nc3nc(S(=O)C(C)C)n(C)c(=O)c3n2CC#CC)CC1. The first kappa shape index (κ1) is 20.3. The van der Waals surface area contributed by atoms with Gasteiger partial charge in [-0.1, -0.05) is 31.9 Å². The molecule has 28 heavy (non-hydrogen) atoms. The third kappa shape index (κ3) is 3.76. The monoisotopic (exact) mass is 401 g/mol. The number of hydrogen-bond donors (Lipinski definition) is 0. The Bertz CT molecular complexity index is 1050. The van der Waals surface area contributed by atoms with Gasteiger partial charge in [-0.05, 0) is 26.2 Å². The van der Waals surface area contributed by atoms with E-state index in [0.29, 0.717) is 23.7 Å². The molecule has 1 saturated heterocycles. The lowest BCUT2D eigenvalue weighted by atomic mass is 10.1. The minimum Gasteiger partial charge on any atom is -0.342 e. The van der Waals surface area contributed by atoms with Crippen LogP contribution in [0.25, 0.3) is 11.2 Å². The van der Waals surface area contributed by atoms with Crippen molar-refractivity contribution in [3.05, 3.63) is 22.5 Å². The van der Waals surface area contributed by atoms with Crippen LogP contribution in [0.4, 0.5) is 5.95 Å². The Balaban J connectivity index is 2.21. The second-order valence-electron chi connectivity index (χ2n) is 7.29. The fourth-order valence-electron chi connectivity index (χ4n) is 3.32. The Labute approximate surface area is 167 Å². The van der Waals surface area contributed by atoms with Crippen molar-refractivity contribution in [2.75, 3.05) is 18.0 Å². The lowest BCUT2D eigenvalue weighted by molar-refractivity contribution is 0.643. The van der Waals surface area contributed by atoms with Crippen LogP contribution in [0.5, 0.6) is 0 Å². The zero-order valence-electron chi connectivity index (χ0n) is 17.0. The average molecular weight is 402 g/mol. The van der Waals surface area contributed by atoms with Gasteiger partial charge in [0, 0.05) is 25.4 Å². The number of fused-ring (bicyclic) bond motifs is 1. The summed E-state index contributed by atoms with van der Waals surface area (Å²) in [6.45, 7) is 11.6. The Kier molecular flexibility index (Phi) is 6.04. The Hall–Kier alpha value is -2.40. The van der Waals surface area contributed by atoms with Crippen LogP contribution in [0.15, 0.2) is 22.1 Å². The summed E-state index contributed by atoms with van der Waals surface area (Å²) in [7, 11) is 0.235. The van der Waals surface area contributed by atoms with E-state index in [9.17, 15) is 9.00 Å². The summed E-state index contributed by atoms with van der Waals surface area (Å²) in [4.78, 5) is 24.5. The summed E-state index contributed by atoms with van der Waals surface area (Å²) in [6, 6.07) is 0. The summed E-state index contributed by atoms with van der Waals surface area (Å²) < 4.78 is 15.8. The van der Waals surface area contributed by atoms with Crippen molar-refractivity contribution in [1.82, 2.24) is 19.1 Å². The second kappa shape index (κ2) is 8.31. The van der Waals surface area contributed by atoms with Crippen LogP contribution in [0.1, 0.15) is 40.0 Å². The second-order valence-corrected chi connectivity index (χ2v) is 9.20. The number of hydrogen-bond acceptors (Lipinski definition) is 5. The van der Waals surface area contributed by atoms with Crippen LogP contribution in [0.2, 0.25) is 0 Å². The summed E-state index contributed by atoms with van der Waals surface area (Å²) in [5.74, 6) is 6.63. The summed E-state index contributed by atoms with van der Waals surface area (Å²) in [6.07, 6.45) is 2.90. The van der Waals surface area contributed by atoms with Gasteiger partial charge in [0.25, 0.3) is 5.56 Å². The molecule has 0 saturated carbocycles. The van der Waals surface area contributed by atoms with Crippen molar-refractivity contribution in [2.24, 2.45) is 7.05 Å². The molecular weight excluding hydrogens is 374 g/mol. The fraction of sp³-hybridized carbons (Fsp3) is 0.550. The normalized spacial score (nSPS) is 16.2. The van der Waals surface area contributed by atoms with E-state index in [1.807, 2.05) is 18.4 Å². The molecule has 0 aliphatic carbocycles. The van der Waals surface area contributed by atoms with Gasteiger partial charge >= 0.3 is 0 Å². The van der Waals surface area contributed by atoms with Gasteiger partial charge in [0.2, 0.25) is 11.1 Å². The fourth-order valence-corrected chi connectivity index (χ4v) is 4.27. The molecule has 150 valence electrons. The minimum atomic E-state index is -1.38. The summed E-state index contributed by atoms with van der Waals surface area (Å²) in [5, 5.41) is 0.120. The largest absolute Gasteiger partial charge is 0.342 e. The molecule has 0 spiro atoms. The number of nitrogens with zero attached hydrogens (tertiary/aromatic N) is 5. The van der Waals surface area contributed by atoms with Gasteiger partial charge in [-0.2, -0.15) is 9.97 Å². The van der Waals surface area contributed by atoms with Gasteiger partial charge in [-0.3, -0.25) is 18.1 Å². The predicted molar refractivity (Wildman–Crippen MR) is 113 cm³/mol. The smallest absolute Gasteiger partial charge is 0.280 e. The third-order valence-corrected chi connectivity index (χ3v) is 6.50. The van der Waals surface area contributed by atoms with Gasteiger partial charge in [0.1, 0.15) is 0 Å². The standard InChI is InChI=1S/C20H27N5O2S/c1-6-7-12-25-16-17(21-19(25)24-11-8-9-15(4)10-13-24)22-20(23(5)18(16)26)28(27)14(2)3/h14H,4,8-13H2,1-3,5H3. The molecular formula is C20H27N5O2S. The van der Waals surface area contributed by atoms with E-state index in [-0.39, 0.29) is 16.0 Å². The van der Waals surface area contributed by atoms with Gasteiger partial charge in [0.05, 0.1) is 17.3 Å². The zero-order valence-corrected chi connectivity index (χ0v) is 17.8. The lowest BCUT2D eigenvalue weighted by Crippen LogP contribution is -2.29. The maximum absolute atomic E-state index is 13.1. The van der Waals surface area contributed by atoms with E-state index >= 15 is 0 Å². The van der Waals surface area contributed by atoms with Crippen molar-refractivity contribution in [3.8, 4) is 11.8 Å².